The van der Waals surface area contributed by atoms with Crippen LogP contribution in [0.15, 0.2) is 0 Å². The molecule has 3 aliphatic heterocycles. The van der Waals surface area contributed by atoms with Crippen LogP contribution in [0.25, 0.3) is 0 Å². The molecule has 3 fully saturated rings. The van der Waals surface area contributed by atoms with Crippen LogP contribution in [0.5, 0.6) is 0 Å². The summed E-state index contributed by atoms with van der Waals surface area (Å²) >= 11 is 0. The van der Waals surface area contributed by atoms with Gasteiger partial charge in [-0.15, -0.1) is 0 Å². The van der Waals surface area contributed by atoms with Crippen LogP contribution < -0.4 is 5.73 Å². The lowest BCUT2D eigenvalue weighted by Crippen LogP contribution is -2.64. The van der Waals surface area contributed by atoms with Crippen molar-refractivity contribution in [1.29, 1.82) is 0 Å². The monoisotopic (exact) mass is 253 g/mol. The minimum Gasteiger partial charge on any atom is -0.379 e. The van der Waals surface area contributed by atoms with Gasteiger partial charge >= 0.3 is 0 Å². The lowest BCUT2D eigenvalue weighted by Gasteiger charge is -2.44. The lowest BCUT2D eigenvalue weighted by atomic mass is 9.95. The summed E-state index contributed by atoms with van der Waals surface area (Å²) in [4.78, 5) is 17.1. The van der Waals surface area contributed by atoms with Crippen molar-refractivity contribution in [3.8, 4) is 0 Å². The molecule has 3 aliphatic rings. The minimum atomic E-state index is -0.769. The van der Waals surface area contributed by atoms with Gasteiger partial charge < -0.3 is 15.4 Å². The molecule has 3 unspecified atom stereocenters. The van der Waals surface area contributed by atoms with Gasteiger partial charge in [0, 0.05) is 31.8 Å². The number of carbonyl (C=O) groups is 1. The number of piperazine rings is 1. The molecular weight excluding hydrogens is 230 g/mol. The van der Waals surface area contributed by atoms with Crippen molar-refractivity contribution in [1.82, 2.24) is 9.80 Å². The SMILES string of the molecule is CC1CN2CCCC2CN1C(=O)C1(N)CCOC1. The molecule has 0 bridgehead atoms. The molecule has 2 N–H and O–H groups in total. The van der Waals surface area contributed by atoms with Crippen LogP contribution in [0.2, 0.25) is 0 Å². The van der Waals surface area contributed by atoms with E-state index in [-0.39, 0.29) is 11.9 Å². The summed E-state index contributed by atoms with van der Waals surface area (Å²) < 4.78 is 5.31. The maximum absolute atomic E-state index is 12.6. The topological polar surface area (TPSA) is 58.8 Å². The zero-order valence-corrected chi connectivity index (χ0v) is 11.1. The number of fused-ring (bicyclic) bond motifs is 1. The number of hydrogen-bond donors (Lipinski definition) is 1. The van der Waals surface area contributed by atoms with Gasteiger partial charge in [0.25, 0.3) is 0 Å². The second kappa shape index (κ2) is 4.47. The second-order valence-electron chi connectivity index (χ2n) is 6.06. The van der Waals surface area contributed by atoms with Gasteiger partial charge in [-0.1, -0.05) is 0 Å². The van der Waals surface area contributed by atoms with Crippen molar-refractivity contribution in [3.63, 3.8) is 0 Å². The van der Waals surface area contributed by atoms with Gasteiger partial charge in [-0.3, -0.25) is 9.69 Å². The van der Waals surface area contributed by atoms with E-state index in [0.717, 1.165) is 13.1 Å². The summed E-state index contributed by atoms with van der Waals surface area (Å²) in [5.41, 5.74) is 5.43. The molecular formula is C13H23N3O2. The largest absolute Gasteiger partial charge is 0.379 e. The Morgan fingerprint density at radius 3 is 3.00 bits per heavy atom. The van der Waals surface area contributed by atoms with Crippen LogP contribution in [0.4, 0.5) is 0 Å². The first-order valence-corrected chi connectivity index (χ1v) is 7.02. The highest BCUT2D eigenvalue weighted by atomic mass is 16.5. The average Bonchev–Trinajstić information content (AvgIpc) is 2.96. The third kappa shape index (κ3) is 1.94. The van der Waals surface area contributed by atoms with Crippen molar-refractivity contribution in [2.24, 2.45) is 5.73 Å². The van der Waals surface area contributed by atoms with E-state index in [1.54, 1.807) is 0 Å². The molecule has 3 rings (SSSR count). The molecule has 0 aliphatic carbocycles. The van der Waals surface area contributed by atoms with Gasteiger partial charge in [0.2, 0.25) is 5.91 Å². The first-order chi connectivity index (χ1) is 8.60. The Morgan fingerprint density at radius 1 is 1.44 bits per heavy atom. The Morgan fingerprint density at radius 2 is 2.28 bits per heavy atom. The van der Waals surface area contributed by atoms with E-state index in [1.807, 2.05) is 4.90 Å². The van der Waals surface area contributed by atoms with E-state index in [1.165, 1.54) is 19.4 Å². The van der Waals surface area contributed by atoms with Gasteiger partial charge in [0.05, 0.1) is 6.61 Å². The predicted octanol–water partition coefficient (Wildman–Crippen LogP) is -0.201. The van der Waals surface area contributed by atoms with Crippen molar-refractivity contribution in [2.75, 3.05) is 32.8 Å². The maximum Gasteiger partial charge on any atom is 0.245 e. The molecule has 3 atom stereocenters. The van der Waals surface area contributed by atoms with Crippen LogP contribution in [0.1, 0.15) is 26.2 Å². The van der Waals surface area contributed by atoms with E-state index in [2.05, 4.69) is 11.8 Å². The Bertz CT molecular complexity index is 341. The zero-order valence-electron chi connectivity index (χ0n) is 11.1. The van der Waals surface area contributed by atoms with E-state index in [9.17, 15) is 4.79 Å². The van der Waals surface area contributed by atoms with Crippen LogP contribution in [-0.4, -0.2) is 66.2 Å². The number of hydrogen-bond acceptors (Lipinski definition) is 4. The molecule has 0 aromatic carbocycles. The Hall–Kier alpha value is -0.650. The lowest BCUT2D eigenvalue weighted by molar-refractivity contribution is -0.142. The fraction of sp³-hybridized carbons (Fsp3) is 0.923. The molecule has 0 aromatic rings. The van der Waals surface area contributed by atoms with Gasteiger partial charge in [-0.25, -0.2) is 0 Å². The van der Waals surface area contributed by atoms with Gasteiger partial charge in [-0.05, 0) is 32.7 Å². The zero-order chi connectivity index (χ0) is 12.8. The van der Waals surface area contributed by atoms with Crippen LogP contribution in [0, 0.1) is 0 Å². The molecule has 5 heteroatoms. The third-order valence-electron chi connectivity index (χ3n) is 4.68. The highest BCUT2D eigenvalue weighted by Crippen LogP contribution is 2.27. The second-order valence-corrected chi connectivity index (χ2v) is 6.06. The van der Waals surface area contributed by atoms with E-state index < -0.39 is 5.54 Å². The van der Waals surface area contributed by atoms with Crippen molar-refractivity contribution in [2.45, 2.75) is 43.8 Å². The van der Waals surface area contributed by atoms with Crippen molar-refractivity contribution in [3.05, 3.63) is 0 Å². The number of ether oxygens (including phenoxy) is 1. The first-order valence-electron chi connectivity index (χ1n) is 7.02. The van der Waals surface area contributed by atoms with Crippen LogP contribution >= 0.6 is 0 Å². The molecule has 102 valence electrons. The summed E-state index contributed by atoms with van der Waals surface area (Å²) in [5.74, 6) is 0.0963. The molecule has 3 saturated heterocycles. The number of carbonyl (C=O) groups excluding carboxylic acids is 1. The molecule has 5 nitrogen and oxygen atoms in total. The molecule has 0 radical (unpaired) electrons. The number of nitrogens with two attached hydrogens (primary N) is 1. The summed E-state index contributed by atoms with van der Waals surface area (Å²) in [6.45, 7) is 6.15. The van der Waals surface area contributed by atoms with E-state index >= 15 is 0 Å². The smallest absolute Gasteiger partial charge is 0.245 e. The molecule has 18 heavy (non-hydrogen) atoms. The minimum absolute atomic E-state index is 0.0963. The summed E-state index contributed by atoms with van der Waals surface area (Å²) in [6, 6.07) is 0.823. The predicted molar refractivity (Wildman–Crippen MR) is 68.1 cm³/mol. The molecule has 0 spiro atoms. The normalized spacial score (nSPS) is 41.1. The Balaban J connectivity index is 1.73. The molecule has 3 heterocycles. The highest BCUT2D eigenvalue weighted by molar-refractivity contribution is 5.87. The molecule has 0 saturated carbocycles. The highest BCUT2D eigenvalue weighted by Gasteiger charge is 2.45. The third-order valence-corrected chi connectivity index (χ3v) is 4.68. The van der Waals surface area contributed by atoms with Crippen LogP contribution in [0.3, 0.4) is 0 Å². The number of rotatable bonds is 1. The fourth-order valence-corrected chi connectivity index (χ4v) is 3.51. The van der Waals surface area contributed by atoms with Crippen molar-refractivity contribution >= 4 is 5.91 Å². The quantitative estimate of drug-likeness (QED) is 0.703. The standard InChI is InChI=1S/C13H23N3O2/c1-10-7-15-5-2-3-11(15)8-16(10)12(17)13(14)4-6-18-9-13/h10-11H,2-9,14H2,1H3. The van der Waals surface area contributed by atoms with Gasteiger partial charge in [0.1, 0.15) is 5.54 Å². The summed E-state index contributed by atoms with van der Waals surface area (Å²) in [5, 5.41) is 0. The fourth-order valence-electron chi connectivity index (χ4n) is 3.51. The Labute approximate surface area is 108 Å². The van der Waals surface area contributed by atoms with Crippen molar-refractivity contribution < 1.29 is 9.53 Å². The van der Waals surface area contributed by atoms with E-state index in [0.29, 0.717) is 25.7 Å². The summed E-state index contributed by atoms with van der Waals surface area (Å²) in [7, 11) is 0. The summed E-state index contributed by atoms with van der Waals surface area (Å²) in [6.07, 6.45) is 3.13. The van der Waals surface area contributed by atoms with E-state index in [4.69, 9.17) is 10.5 Å². The number of nitrogens with zero attached hydrogens (tertiary/aromatic N) is 2. The van der Waals surface area contributed by atoms with Crippen LogP contribution in [-0.2, 0) is 9.53 Å². The Kier molecular flexibility index (Phi) is 3.08. The average molecular weight is 253 g/mol. The number of amides is 1. The first kappa shape index (κ1) is 12.4. The van der Waals surface area contributed by atoms with Gasteiger partial charge in [-0.2, -0.15) is 0 Å². The molecule has 0 aromatic heterocycles. The molecule has 1 amide bonds. The maximum atomic E-state index is 12.6. The van der Waals surface area contributed by atoms with Gasteiger partial charge in [0.15, 0.2) is 0 Å².